The van der Waals surface area contributed by atoms with E-state index in [0.717, 1.165) is 53.3 Å². The van der Waals surface area contributed by atoms with Gasteiger partial charge in [-0.2, -0.15) is 10.2 Å². The van der Waals surface area contributed by atoms with Crippen molar-refractivity contribution < 1.29 is 13.9 Å². The molecule has 3 heterocycles. The third-order valence-electron chi connectivity index (χ3n) is 7.33. The molecular formula is C31H38ClF2N9O. The number of nitrogens with one attached hydrogen (secondary N) is 1. The summed E-state index contributed by atoms with van der Waals surface area (Å²) in [7, 11) is 0. The summed E-state index contributed by atoms with van der Waals surface area (Å²) in [5, 5.41) is 24.2. The van der Waals surface area contributed by atoms with E-state index in [4.69, 9.17) is 11.6 Å². The Morgan fingerprint density at radius 1 is 0.977 bits per heavy atom. The van der Waals surface area contributed by atoms with Crippen molar-refractivity contribution in [3.63, 3.8) is 0 Å². The zero-order valence-electron chi connectivity index (χ0n) is 25.1. The number of pyridine rings is 1. The molecule has 0 saturated heterocycles. The third kappa shape index (κ3) is 9.01. The van der Waals surface area contributed by atoms with Crippen molar-refractivity contribution in [3.8, 4) is 0 Å². The summed E-state index contributed by atoms with van der Waals surface area (Å²) in [6, 6.07) is 11.4. The van der Waals surface area contributed by atoms with E-state index in [2.05, 4.69) is 56.1 Å². The average Bonchev–Trinajstić information content (AvgIpc) is 3.70. The van der Waals surface area contributed by atoms with E-state index >= 15 is 0 Å². The number of rotatable bonds is 13. The van der Waals surface area contributed by atoms with Gasteiger partial charge in [0.25, 0.3) is 0 Å². The third-order valence-corrected chi connectivity index (χ3v) is 7.56. The van der Waals surface area contributed by atoms with Crippen molar-refractivity contribution in [1.29, 1.82) is 0 Å². The van der Waals surface area contributed by atoms with E-state index in [1.807, 2.05) is 30.5 Å². The van der Waals surface area contributed by atoms with E-state index in [1.165, 1.54) is 53.7 Å². The summed E-state index contributed by atoms with van der Waals surface area (Å²) in [5.41, 5.74) is 0.323. The van der Waals surface area contributed by atoms with Gasteiger partial charge < -0.3 is 15.3 Å². The first-order valence-corrected chi connectivity index (χ1v) is 14.9. The lowest BCUT2D eigenvalue weighted by atomic mass is 9.93. The van der Waals surface area contributed by atoms with Crippen LogP contribution in [-0.2, 0) is 18.7 Å². The molecule has 0 fully saturated rings. The minimum absolute atomic E-state index is 0.0556. The van der Waals surface area contributed by atoms with Gasteiger partial charge in [0, 0.05) is 40.0 Å². The fourth-order valence-electron chi connectivity index (χ4n) is 5.00. The fourth-order valence-corrected chi connectivity index (χ4v) is 5.16. The molecule has 0 amide bonds. The van der Waals surface area contributed by atoms with Gasteiger partial charge in [-0.3, -0.25) is 4.98 Å². The van der Waals surface area contributed by atoms with Gasteiger partial charge in [0.2, 0.25) is 0 Å². The van der Waals surface area contributed by atoms with Crippen LogP contribution in [0, 0.1) is 11.6 Å². The van der Waals surface area contributed by atoms with Crippen LogP contribution in [-0.4, -0.2) is 70.2 Å². The number of hydrogen-bond donors (Lipinski definition) is 2. The molecule has 1 atom stereocenters. The Labute approximate surface area is 260 Å². The van der Waals surface area contributed by atoms with Gasteiger partial charge in [0.1, 0.15) is 42.5 Å². The number of halogens is 3. The number of hydrogen-bond acceptors (Lipinski definition) is 8. The number of aliphatic hydroxyl groups is 1. The van der Waals surface area contributed by atoms with Gasteiger partial charge in [0.05, 0.1) is 18.6 Å². The highest BCUT2D eigenvalue weighted by Gasteiger charge is 2.34. The Kier molecular flexibility index (Phi) is 11.7. The standard InChI is InChI=1S/C18H26ClN3.C13H12F2N6O/c1-4-22(5-2)12-6-7-14(3)21-17-10-11-20-18-13-15(19)8-9-16(17)18;14-10-1-2-11(12(15)3-10)13(22,4-20-8-16-6-18-20)5-21-9-17-7-19-21/h8-11,13-14H,4-7,12H2,1-3H3,(H,20,21);1-3,6-9,22H,4-5H2. The van der Waals surface area contributed by atoms with E-state index in [0.29, 0.717) is 6.04 Å². The molecule has 0 aliphatic rings. The van der Waals surface area contributed by atoms with Crippen LogP contribution in [0.5, 0.6) is 0 Å². The maximum Gasteiger partial charge on any atom is 0.137 e. The largest absolute Gasteiger partial charge is 0.382 e. The van der Waals surface area contributed by atoms with Gasteiger partial charge >= 0.3 is 0 Å². The molecule has 2 aromatic carbocycles. The van der Waals surface area contributed by atoms with Crippen LogP contribution in [0.1, 0.15) is 39.2 Å². The molecule has 0 saturated carbocycles. The van der Waals surface area contributed by atoms with Gasteiger partial charge in [-0.05, 0) is 69.7 Å². The van der Waals surface area contributed by atoms with Crippen LogP contribution in [0.4, 0.5) is 14.5 Å². The van der Waals surface area contributed by atoms with E-state index < -0.39 is 17.2 Å². The highest BCUT2D eigenvalue weighted by Crippen LogP contribution is 2.28. The lowest BCUT2D eigenvalue weighted by Crippen LogP contribution is -2.37. The molecule has 2 N–H and O–H groups in total. The molecule has 3 aromatic heterocycles. The molecule has 234 valence electrons. The number of anilines is 1. The molecule has 0 aliphatic heterocycles. The number of aromatic nitrogens is 7. The van der Waals surface area contributed by atoms with Crippen molar-refractivity contribution in [2.24, 2.45) is 0 Å². The quantitative estimate of drug-likeness (QED) is 0.175. The normalized spacial score (nSPS) is 12.3. The number of nitrogens with zero attached hydrogens (tertiary/aromatic N) is 8. The molecule has 0 bridgehead atoms. The fraction of sp³-hybridized carbons (Fsp3) is 0.387. The molecule has 10 nitrogen and oxygen atoms in total. The highest BCUT2D eigenvalue weighted by atomic mass is 35.5. The maximum atomic E-state index is 14.1. The summed E-state index contributed by atoms with van der Waals surface area (Å²) >= 11 is 6.04. The topological polar surface area (TPSA) is 110 Å². The van der Waals surface area contributed by atoms with E-state index in [9.17, 15) is 13.9 Å². The van der Waals surface area contributed by atoms with Crippen molar-refractivity contribution in [2.75, 3.05) is 25.0 Å². The lowest BCUT2D eigenvalue weighted by Gasteiger charge is -2.28. The second kappa shape index (κ2) is 15.6. The predicted molar refractivity (Wildman–Crippen MR) is 167 cm³/mol. The van der Waals surface area contributed by atoms with Gasteiger partial charge in [-0.25, -0.2) is 28.1 Å². The van der Waals surface area contributed by atoms with Crippen molar-refractivity contribution in [1.82, 2.24) is 39.4 Å². The molecule has 5 aromatic rings. The first kappa shape index (κ1) is 32.9. The highest BCUT2D eigenvalue weighted by molar-refractivity contribution is 6.31. The van der Waals surface area contributed by atoms with Crippen molar-refractivity contribution in [2.45, 2.75) is 58.3 Å². The molecule has 0 spiro atoms. The number of fused-ring (bicyclic) bond motifs is 1. The lowest BCUT2D eigenvalue weighted by molar-refractivity contribution is -0.00856. The smallest absolute Gasteiger partial charge is 0.137 e. The molecule has 0 aliphatic carbocycles. The minimum Gasteiger partial charge on any atom is -0.382 e. The molecule has 44 heavy (non-hydrogen) atoms. The van der Waals surface area contributed by atoms with Crippen LogP contribution in [0.25, 0.3) is 10.9 Å². The second-order valence-corrected chi connectivity index (χ2v) is 11.0. The van der Waals surface area contributed by atoms with E-state index in [-0.39, 0.29) is 18.7 Å². The second-order valence-electron chi connectivity index (χ2n) is 10.6. The van der Waals surface area contributed by atoms with Crippen LogP contribution >= 0.6 is 11.6 Å². The summed E-state index contributed by atoms with van der Waals surface area (Å²) in [4.78, 5) is 14.4. The first-order valence-electron chi connectivity index (χ1n) is 14.6. The Bertz CT molecular complexity index is 1540. The summed E-state index contributed by atoms with van der Waals surface area (Å²) < 4.78 is 29.9. The predicted octanol–water partition coefficient (Wildman–Crippen LogP) is 5.55. The molecule has 1 unspecified atom stereocenters. The van der Waals surface area contributed by atoms with Crippen LogP contribution in [0.15, 0.2) is 74.0 Å². The molecular weight excluding hydrogens is 588 g/mol. The van der Waals surface area contributed by atoms with Crippen LogP contribution in [0.2, 0.25) is 5.02 Å². The number of benzene rings is 2. The SMILES string of the molecule is CCN(CC)CCCC(C)Nc1ccnc2cc(Cl)ccc12.OC(Cn1cncn1)(Cn1cncn1)c1ccc(F)cc1F. The summed E-state index contributed by atoms with van der Waals surface area (Å²) in [5.74, 6) is -1.56. The average molecular weight is 626 g/mol. The Hall–Kier alpha value is -4.00. The van der Waals surface area contributed by atoms with Gasteiger partial charge in [-0.15, -0.1) is 0 Å². The van der Waals surface area contributed by atoms with Gasteiger partial charge in [-0.1, -0.05) is 31.5 Å². The monoisotopic (exact) mass is 625 g/mol. The molecule has 0 radical (unpaired) electrons. The Morgan fingerprint density at radius 2 is 1.66 bits per heavy atom. The Morgan fingerprint density at radius 3 is 2.25 bits per heavy atom. The maximum absolute atomic E-state index is 14.1. The van der Waals surface area contributed by atoms with Crippen molar-refractivity contribution >= 4 is 28.2 Å². The van der Waals surface area contributed by atoms with Crippen molar-refractivity contribution in [3.05, 3.63) is 96.2 Å². The molecule has 5 rings (SSSR count). The van der Waals surface area contributed by atoms with Crippen LogP contribution in [0.3, 0.4) is 0 Å². The van der Waals surface area contributed by atoms with E-state index in [1.54, 1.807) is 0 Å². The first-order chi connectivity index (χ1) is 21.2. The van der Waals surface area contributed by atoms with Gasteiger partial charge in [0.15, 0.2) is 0 Å². The molecule has 13 heteroatoms. The Balaban J connectivity index is 0.000000201. The zero-order valence-corrected chi connectivity index (χ0v) is 25.9. The zero-order chi connectivity index (χ0) is 31.5. The summed E-state index contributed by atoms with van der Waals surface area (Å²) in [6.45, 7) is 9.97. The minimum atomic E-state index is -1.70. The van der Waals surface area contributed by atoms with Crippen LogP contribution < -0.4 is 5.32 Å². The summed E-state index contributed by atoms with van der Waals surface area (Å²) in [6.07, 6.45) is 9.61.